The maximum absolute atomic E-state index is 5.80. The average Bonchev–Trinajstić information content (AvgIpc) is 2.97. The average molecular weight is 233 g/mol. The number of nitrogen functional groups attached to an aromatic ring is 1. The lowest BCUT2D eigenvalue weighted by atomic mass is 10.2. The van der Waals surface area contributed by atoms with Gasteiger partial charge < -0.3 is 19.8 Å². The van der Waals surface area contributed by atoms with Gasteiger partial charge in [0.2, 0.25) is 0 Å². The number of likely N-dealkylation sites (N-methyl/N-ethyl adjacent to an activating group) is 1. The summed E-state index contributed by atoms with van der Waals surface area (Å²) in [6, 6.07) is 0.352. The Bertz CT molecular complexity index is 532. The molecule has 1 aliphatic rings. The summed E-state index contributed by atoms with van der Waals surface area (Å²) in [6.45, 7) is 1.54. The SMILES string of the molecule is CN(c1nc(N)cn2ccnc12)C1CCOC1. The Labute approximate surface area is 99.0 Å². The van der Waals surface area contributed by atoms with Crippen molar-refractivity contribution < 1.29 is 4.74 Å². The van der Waals surface area contributed by atoms with E-state index in [9.17, 15) is 0 Å². The molecule has 1 aliphatic heterocycles. The van der Waals surface area contributed by atoms with Crippen LogP contribution in [-0.2, 0) is 4.74 Å². The van der Waals surface area contributed by atoms with Gasteiger partial charge in [-0.2, -0.15) is 0 Å². The van der Waals surface area contributed by atoms with Crippen LogP contribution >= 0.6 is 0 Å². The Morgan fingerprint density at radius 3 is 3.24 bits per heavy atom. The summed E-state index contributed by atoms with van der Waals surface area (Å²) in [4.78, 5) is 10.8. The third-order valence-electron chi connectivity index (χ3n) is 3.16. The van der Waals surface area contributed by atoms with Gasteiger partial charge in [0.05, 0.1) is 18.8 Å². The molecule has 0 amide bonds. The van der Waals surface area contributed by atoms with Crippen LogP contribution in [0.2, 0.25) is 0 Å². The van der Waals surface area contributed by atoms with E-state index in [1.165, 1.54) is 0 Å². The van der Waals surface area contributed by atoms with Gasteiger partial charge in [0.15, 0.2) is 11.5 Å². The molecule has 1 saturated heterocycles. The van der Waals surface area contributed by atoms with Crippen molar-refractivity contribution in [2.24, 2.45) is 0 Å². The van der Waals surface area contributed by atoms with Crippen molar-refractivity contribution >= 4 is 17.3 Å². The Morgan fingerprint density at radius 1 is 1.59 bits per heavy atom. The van der Waals surface area contributed by atoms with Gasteiger partial charge >= 0.3 is 0 Å². The zero-order valence-corrected chi connectivity index (χ0v) is 9.71. The number of aromatic nitrogens is 3. The van der Waals surface area contributed by atoms with Crippen LogP contribution in [0, 0.1) is 0 Å². The fraction of sp³-hybridized carbons (Fsp3) is 0.455. The second-order valence-corrected chi connectivity index (χ2v) is 4.28. The molecule has 2 N–H and O–H groups in total. The summed E-state index contributed by atoms with van der Waals surface area (Å²) >= 11 is 0. The second kappa shape index (κ2) is 3.89. The number of ether oxygens (including phenoxy) is 1. The van der Waals surface area contributed by atoms with E-state index in [0.717, 1.165) is 31.1 Å². The number of hydrogen-bond acceptors (Lipinski definition) is 5. The maximum Gasteiger partial charge on any atom is 0.180 e. The number of imidazole rings is 1. The lowest BCUT2D eigenvalue weighted by molar-refractivity contribution is 0.193. The largest absolute Gasteiger partial charge is 0.382 e. The van der Waals surface area contributed by atoms with E-state index >= 15 is 0 Å². The minimum Gasteiger partial charge on any atom is -0.382 e. The van der Waals surface area contributed by atoms with Crippen LogP contribution in [0.3, 0.4) is 0 Å². The number of hydrogen-bond donors (Lipinski definition) is 1. The van der Waals surface area contributed by atoms with Gasteiger partial charge in [-0.05, 0) is 6.42 Å². The van der Waals surface area contributed by atoms with Crippen LogP contribution in [0.1, 0.15) is 6.42 Å². The standard InChI is InChI=1S/C11H15N5O/c1-15(8-2-5-17-7-8)11-10-13-3-4-16(10)6-9(12)14-11/h3-4,6,8H,2,5,7,12H2,1H3. The minimum atomic E-state index is 0.352. The Hall–Kier alpha value is -1.82. The fourth-order valence-corrected chi connectivity index (χ4v) is 2.17. The molecule has 2 aromatic heterocycles. The molecule has 0 aromatic carbocycles. The van der Waals surface area contributed by atoms with Crippen molar-refractivity contribution in [2.75, 3.05) is 30.9 Å². The molecule has 0 aliphatic carbocycles. The van der Waals surface area contributed by atoms with Gasteiger partial charge in [-0.3, -0.25) is 0 Å². The van der Waals surface area contributed by atoms with Gasteiger partial charge in [0.25, 0.3) is 0 Å². The molecule has 1 unspecified atom stereocenters. The number of nitrogens with two attached hydrogens (primary N) is 1. The summed E-state index contributed by atoms with van der Waals surface area (Å²) in [5.41, 5.74) is 6.63. The van der Waals surface area contributed by atoms with E-state index in [1.807, 2.05) is 17.6 Å². The van der Waals surface area contributed by atoms with Gasteiger partial charge in [0.1, 0.15) is 5.82 Å². The molecule has 0 spiro atoms. The molecule has 2 aromatic rings. The molecule has 90 valence electrons. The smallest absolute Gasteiger partial charge is 0.180 e. The first-order valence-electron chi connectivity index (χ1n) is 5.65. The van der Waals surface area contributed by atoms with Gasteiger partial charge in [-0.15, -0.1) is 0 Å². The van der Waals surface area contributed by atoms with E-state index in [4.69, 9.17) is 10.5 Å². The summed E-state index contributed by atoms with van der Waals surface area (Å²) in [5, 5.41) is 0. The summed E-state index contributed by atoms with van der Waals surface area (Å²) < 4.78 is 7.29. The first-order valence-corrected chi connectivity index (χ1v) is 5.65. The van der Waals surface area contributed by atoms with Crippen molar-refractivity contribution in [3.63, 3.8) is 0 Å². The van der Waals surface area contributed by atoms with Crippen LogP contribution in [0.4, 0.5) is 11.6 Å². The molecule has 0 saturated carbocycles. The van der Waals surface area contributed by atoms with Crippen LogP contribution < -0.4 is 10.6 Å². The zero-order chi connectivity index (χ0) is 11.8. The molecular formula is C11H15N5O. The van der Waals surface area contributed by atoms with E-state index in [0.29, 0.717) is 11.9 Å². The molecule has 0 radical (unpaired) electrons. The van der Waals surface area contributed by atoms with Gasteiger partial charge in [-0.1, -0.05) is 0 Å². The van der Waals surface area contributed by atoms with Crippen molar-refractivity contribution in [3.05, 3.63) is 18.6 Å². The Morgan fingerprint density at radius 2 is 2.47 bits per heavy atom. The molecule has 6 nitrogen and oxygen atoms in total. The topological polar surface area (TPSA) is 68.7 Å². The summed E-state index contributed by atoms with van der Waals surface area (Å²) in [5.74, 6) is 1.31. The van der Waals surface area contributed by atoms with Crippen molar-refractivity contribution in [3.8, 4) is 0 Å². The van der Waals surface area contributed by atoms with Crippen LogP contribution in [-0.4, -0.2) is 40.7 Å². The van der Waals surface area contributed by atoms with Crippen LogP contribution in [0.5, 0.6) is 0 Å². The normalized spacial score (nSPS) is 19.9. The Balaban J connectivity index is 2.05. The molecule has 17 heavy (non-hydrogen) atoms. The fourth-order valence-electron chi connectivity index (χ4n) is 2.17. The van der Waals surface area contributed by atoms with E-state index < -0.39 is 0 Å². The predicted molar refractivity (Wildman–Crippen MR) is 65.0 cm³/mol. The minimum absolute atomic E-state index is 0.352. The van der Waals surface area contributed by atoms with Crippen LogP contribution in [0.25, 0.3) is 5.65 Å². The first kappa shape index (κ1) is 10.3. The third-order valence-corrected chi connectivity index (χ3v) is 3.16. The van der Waals surface area contributed by atoms with Crippen LogP contribution in [0.15, 0.2) is 18.6 Å². The predicted octanol–water partition coefficient (Wildman–Crippen LogP) is 0.537. The van der Waals surface area contributed by atoms with E-state index in [2.05, 4.69) is 14.9 Å². The quantitative estimate of drug-likeness (QED) is 0.819. The van der Waals surface area contributed by atoms with E-state index in [-0.39, 0.29) is 0 Å². The van der Waals surface area contributed by atoms with Crippen molar-refractivity contribution in [1.82, 2.24) is 14.4 Å². The number of anilines is 2. The maximum atomic E-state index is 5.80. The molecular weight excluding hydrogens is 218 g/mol. The first-order chi connectivity index (χ1) is 8.25. The monoisotopic (exact) mass is 233 g/mol. The highest BCUT2D eigenvalue weighted by atomic mass is 16.5. The van der Waals surface area contributed by atoms with E-state index in [1.54, 1.807) is 12.4 Å². The summed E-state index contributed by atoms with van der Waals surface area (Å²) in [7, 11) is 2.01. The second-order valence-electron chi connectivity index (χ2n) is 4.28. The molecule has 1 atom stereocenters. The number of nitrogens with zero attached hydrogens (tertiary/aromatic N) is 4. The lowest BCUT2D eigenvalue weighted by Crippen LogP contribution is -2.33. The molecule has 6 heteroatoms. The lowest BCUT2D eigenvalue weighted by Gasteiger charge is -2.24. The highest BCUT2D eigenvalue weighted by Crippen LogP contribution is 2.23. The van der Waals surface area contributed by atoms with Crippen molar-refractivity contribution in [2.45, 2.75) is 12.5 Å². The molecule has 0 bridgehead atoms. The highest BCUT2D eigenvalue weighted by molar-refractivity contribution is 5.66. The Kier molecular flexibility index (Phi) is 2.36. The van der Waals surface area contributed by atoms with Gasteiger partial charge in [-0.25, -0.2) is 9.97 Å². The number of fused-ring (bicyclic) bond motifs is 1. The molecule has 3 heterocycles. The molecule has 3 rings (SSSR count). The molecule has 1 fully saturated rings. The number of rotatable bonds is 2. The summed E-state index contributed by atoms with van der Waals surface area (Å²) in [6.07, 6.45) is 6.40. The van der Waals surface area contributed by atoms with Gasteiger partial charge in [0, 0.05) is 26.0 Å². The van der Waals surface area contributed by atoms with Crippen molar-refractivity contribution in [1.29, 1.82) is 0 Å². The third kappa shape index (κ3) is 1.70. The highest BCUT2D eigenvalue weighted by Gasteiger charge is 2.23. The zero-order valence-electron chi connectivity index (χ0n) is 9.71.